The van der Waals surface area contributed by atoms with Gasteiger partial charge in [-0.15, -0.1) is 0 Å². The molecule has 1 heterocycles. The third kappa shape index (κ3) is 2.10. The molecule has 2 N–H and O–H groups in total. The van der Waals surface area contributed by atoms with Crippen LogP contribution < -0.4 is 4.90 Å². The van der Waals surface area contributed by atoms with Crippen molar-refractivity contribution in [2.24, 2.45) is 5.92 Å². The molecule has 0 unspecified atom stereocenters. The van der Waals surface area contributed by atoms with Crippen molar-refractivity contribution in [1.82, 2.24) is 0 Å². The van der Waals surface area contributed by atoms with Crippen molar-refractivity contribution >= 4 is 0 Å². The van der Waals surface area contributed by atoms with Crippen molar-refractivity contribution in [3.63, 3.8) is 0 Å². The molecule has 1 aliphatic heterocycles. The second-order valence-electron chi connectivity index (χ2n) is 4.71. The van der Waals surface area contributed by atoms with Gasteiger partial charge in [-0.3, -0.25) is 0 Å². The summed E-state index contributed by atoms with van der Waals surface area (Å²) in [5.41, 5.74) is 0. The molecule has 2 aliphatic rings. The van der Waals surface area contributed by atoms with E-state index in [1.165, 1.54) is 19.3 Å². The van der Waals surface area contributed by atoms with Gasteiger partial charge in [-0.25, -0.2) is 0 Å². The van der Waals surface area contributed by atoms with Crippen molar-refractivity contribution in [2.75, 3.05) is 26.3 Å². The molecule has 0 amide bonds. The van der Waals surface area contributed by atoms with E-state index in [1.807, 2.05) is 6.92 Å². The van der Waals surface area contributed by atoms with E-state index in [4.69, 9.17) is 4.74 Å². The molecule has 0 aromatic rings. The molecule has 1 aliphatic carbocycles. The fourth-order valence-electron chi connectivity index (χ4n) is 3.08. The molecule has 2 rings (SSSR count). The summed E-state index contributed by atoms with van der Waals surface area (Å²) >= 11 is 0. The van der Waals surface area contributed by atoms with E-state index in [0.29, 0.717) is 12.0 Å². The normalized spacial score (nSPS) is 37.3. The van der Waals surface area contributed by atoms with Gasteiger partial charge in [-0.05, 0) is 26.2 Å². The van der Waals surface area contributed by atoms with Crippen LogP contribution in [0.25, 0.3) is 0 Å². The maximum Gasteiger partial charge on any atom is 0.101 e. The fourth-order valence-corrected chi connectivity index (χ4v) is 3.08. The van der Waals surface area contributed by atoms with Crippen LogP contribution in [0.5, 0.6) is 0 Å². The highest BCUT2D eigenvalue weighted by Crippen LogP contribution is 2.26. The lowest BCUT2D eigenvalue weighted by atomic mass is 9.96. The summed E-state index contributed by atoms with van der Waals surface area (Å²) in [6.07, 6.45) is 3.68. The molecular formula is C11H22NO2+. The van der Waals surface area contributed by atoms with E-state index in [-0.39, 0.29) is 6.10 Å². The number of hydrogen-bond donors (Lipinski definition) is 2. The van der Waals surface area contributed by atoms with Crippen LogP contribution in [0.15, 0.2) is 0 Å². The van der Waals surface area contributed by atoms with Gasteiger partial charge in [-0.2, -0.15) is 0 Å². The number of morpholine rings is 1. The Kier molecular flexibility index (Phi) is 3.42. The SMILES string of the molecule is C[C@H](O)[C@H]1CCC[C@@H]1[NH+]1CCOCC1. The average molecular weight is 200 g/mol. The first-order valence-corrected chi connectivity index (χ1v) is 5.89. The van der Waals surface area contributed by atoms with E-state index in [9.17, 15) is 5.11 Å². The van der Waals surface area contributed by atoms with E-state index in [2.05, 4.69) is 0 Å². The van der Waals surface area contributed by atoms with Crippen LogP contribution in [0.2, 0.25) is 0 Å². The minimum absolute atomic E-state index is 0.127. The van der Waals surface area contributed by atoms with Gasteiger partial charge in [0.05, 0.1) is 25.4 Å². The first-order valence-electron chi connectivity index (χ1n) is 5.89. The van der Waals surface area contributed by atoms with E-state index in [1.54, 1.807) is 4.90 Å². The highest BCUT2D eigenvalue weighted by Gasteiger charge is 2.38. The number of hydrogen-bond acceptors (Lipinski definition) is 2. The fraction of sp³-hybridized carbons (Fsp3) is 1.00. The highest BCUT2D eigenvalue weighted by molar-refractivity contribution is 4.80. The number of ether oxygens (including phenoxy) is 1. The Bertz CT molecular complexity index is 178. The van der Waals surface area contributed by atoms with Crippen LogP contribution in [0.3, 0.4) is 0 Å². The van der Waals surface area contributed by atoms with Gasteiger partial charge in [0.15, 0.2) is 0 Å². The molecule has 3 atom stereocenters. The summed E-state index contributed by atoms with van der Waals surface area (Å²) in [5, 5.41) is 9.71. The molecule has 2 fully saturated rings. The molecule has 0 bridgehead atoms. The minimum atomic E-state index is -0.127. The third-order valence-electron chi connectivity index (χ3n) is 3.85. The first kappa shape index (κ1) is 10.4. The summed E-state index contributed by atoms with van der Waals surface area (Å²) in [5.74, 6) is 0.531. The number of nitrogens with one attached hydrogen (secondary N) is 1. The second-order valence-corrected chi connectivity index (χ2v) is 4.71. The standard InChI is InChI=1S/C11H21NO2/c1-9(13)10-3-2-4-11(10)12-5-7-14-8-6-12/h9-11,13H,2-8H2,1H3/p+1/t9-,10+,11-/m0/s1. The summed E-state index contributed by atoms with van der Waals surface area (Å²) in [4.78, 5) is 1.67. The quantitative estimate of drug-likeness (QED) is 0.627. The third-order valence-corrected chi connectivity index (χ3v) is 3.85. The summed E-state index contributed by atoms with van der Waals surface area (Å²) < 4.78 is 5.37. The molecule has 3 heteroatoms. The zero-order valence-corrected chi connectivity index (χ0v) is 9.04. The Morgan fingerprint density at radius 1 is 1.29 bits per heavy atom. The maximum atomic E-state index is 9.71. The Hall–Kier alpha value is -0.120. The number of aliphatic hydroxyl groups excluding tert-OH is 1. The Morgan fingerprint density at radius 2 is 2.00 bits per heavy atom. The molecule has 1 saturated carbocycles. The van der Waals surface area contributed by atoms with Crippen LogP contribution in [-0.4, -0.2) is 43.6 Å². The zero-order valence-electron chi connectivity index (χ0n) is 9.04. The molecule has 0 spiro atoms. The van der Waals surface area contributed by atoms with Crippen LogP contribution in [0.4, 0.5) is 0 Å². The van der Waals surface area contributed by atoms with Crippen molar-refractivity contribution in [2.45, 2.75) is 38.3 Å². The molecule has 82 valence electrons. The predicted octanol–water partition coefficient (Wildman–Crippen LogP) is -0.549. The smallest absolute Gasteiger partial charge is 0.101 e. The number of quaternary nitrogens is 1. The molecule has 14 heavy (non-hydrogen) atoms. The van der Waals surface area contributed by atoms with E-state index < -0.39 is 0 Å². The van der Waals surface area contributed by atoms with Crippen molar-refractivity contribution in [3.8, 4) is 0 Å². The monoisotopic (exact) mass is 200 g/mol. The van der Waals surface area contributed by atoms with E-state index >= 15 is 0 Å². The maximum absolute atomic E-state index is 9.71. The van der Waals surface area contributed by atoms with Gasteiger partial charge in [0.1, 0.15) is 13.1 Å². The average Bonchev–Trinajstić information content (AvgIpc) is 2.67. The van der Waals surface area contributed by atoms with Gasteiger partial charge in [0.2, 0.25) is 0 Å². The highest BCUT2D eigenvalue weighted by atomic mass is 16.5. The summed E-state index contributed by atoms with van der Waals surface area (Å²) in [6, 6.07) is 0.693. The van der Waals surface area contributed by atoms with Crippen molar-refractivity contribution in [1.29, 1.82) is 0 Å². The van der Waals surface area contributed by atoms with Gasteiger partial charge in [0.25, 0.3) is 0 Å². The van der Waals surface area contributed by atoms with Gasteiger partial charge in [-0.1, -0.05) is 0 Å². The summed E-state index contributed by atoms with van der Waals surface area (Å²) in [6.45, 7) is 6.02. The van der Waals surface area contributed by atoms with Gasteiger partial charge < -0.3 is 14.7 Å². The van der Waals surface area contributed by atoms with Gasteiger partial charge >= 0.3 is 0 Å². The molecule has 0 radical (unpaired) electrons. The lowest BCUT2D eigenvalue weighted by molar-refractivity contribution is -0.936. The largest absolute Gasteiger partial charge is 0.393 e. The van der Waals surface area contributed by atoms with Crippen LogP contribution in [0.1, 0.15) is 26.2 Å². The second kappa shape index (κ2) is 4.60. The molecule has 0 aromatic carbocycles. The summed E-state index contributed by atoms with van der Waals surface area (Å²) in [7, 11) is 0. The molecule has 0 aromatic heterocycles. The Labute approximate surface area is 86.0 Å². The molecule has 1 saturated heterocycles. The lowest BCUT2D eigenvalue weighted by Crippen LogP contribution is -3.18. The van der Waals surface area contributed by atoms with Crippen LogP contribution in [-0.2, 0) is 4.74 Å². The molecular weight excluding hydrogens is 178 g/mol. The van der Waals surface area contributed by atoms with Crippen LogP contribution >= 0.6 is 0 Å². The van der Waals surface area contributed by atoms with E-state index in [0.717, 1.165) is 26.3 Å². The van der Waals surface area contributed by atoms with Crippen LogP contribution in [0, 0.1) is 5.92 Å². The van der Waals surface area contributed by atoms with Crippen molar-refractivity contribution < 1.29 is 14.7 Å². The Balaban J connectivity index is 1.94. The zero-order chi connectivity index (χ0) is 9.97. The number of aliphatic hydroxyl groups is 1. The molecule has 3 nitrogen and oxygen atoms in total. The number of rotatable bonds is 2. The van der Waals surface area contributed by atoms with Crippen molar-refractivity contribution in [3.05, 3.63) is 0 Å². The predicted molar refractivity (Wildman–Crippen MR) is 54.3 cm³/mol. The first-order chi connectivity index (χ1) is 6.79. The van der Waals surface area contributed by atoms with Gasteiger partial charge in [0, 0.05) is 5.92 Å². The lowest BCUT2D eigenvalue weighted by Gasteiger charge is -2.33. The topological polar surface area (TPSA) is 33.9 Å². The minimum Gasteiger partial charge on any atom is -0.393 e. The Morgan fingerprint density at radius 3 is 2.64 bits per heavy atom.